The molecule has 1 aromatic carbocycles. The molecule has 2 aromatic rings. The fraction of sp³-hybridized carbons (Fsp3) is 0.522. The zero-order chi connectivity index (χ0) is 18.8. The lowest BCUT2D eigenvalue weighted by molar-refractivity contribution is -0.0712. The van der Waals surface area contributed by atoms with E-state index in [2.05, 4.69) is 66.1 Å². The summed E-state index contributed by atoms with van der Waals surface area (Å²) in [4.78, 5) is 9.89. The molecular formula is C23H31N3O. The number of rotatable bonds is 7. The molecule has 4 rings (SSSR count). The second kappa shape index (κ2) is 8.09. The minimum Gasteiger partial charge on any atom is -0.396 e. The summed E-state index contributed by atoms with van der Waals surface area (Å²) < 4.78 is 0. The van der Waals surface area contributed by atoms with Crippen molar-refractivity contribution < 1.29 is 5.11 Å². The van der Waals surface area contributed by atoms with E-state index in [1.807, 2.05) is 12.3 Å². The van der Waals surface area contributed by atoms with Gasteiger partial charge in [0.05, 0.1) is 11.7 Å². The maximum atomic E-state index is 10.1. The van der Waals surface area contributed by atoms with Gasteiger partial charge >= 0.3 is 0 Å². The Morgan fingerprint density at radius 3 is 2.44 bits per heavy atom. The van der Waals surface area contributed by atoms with Gasteiger partial charge in [0.25, 0.3) is 0 Å². The van der Waals surface area contributed by atoms with Crippen molar-refractivity contribution in [1.82, 2.24) is 14.8 Å². The third kappa shape index (κ3) is 3.31. The van der Waals surface area contributed by atoms with Crippen LogP contribution in [0.15, 0.2) is 54.7 Å². The van der Waals surface area contributed by atoms with E-state index in [4.69, 9.17) is 4.98 Å². The lowest BCUT2D eigenvalue weighted by Crippen LogP contribution is -2.61. The topological polar surface area (TPSA) is 39.6 Å². The second-order valence-corrected chi connectivity index (χ2v) is 7.91. The normalized spacial score (nSPS) is 30.3. The monoisotopic (exact) mass is 365 g/mol. The SMILES string of the molecule is CCN(CC)[C@@H]1[C@@H](CO)[C@H]2CN(Cc3ccccc3)[C@H](c3ccccn3)[C@H]21. The van der Waals surface area contributed by atoms with Crippen LogP contribution in [0.3, 0.4) is 0 Å². The Hall–Kier alpha value is -1.75. The molecule has 0 unspecified atom stereocenters. The van der Waals surface area contributed by atoms with E-state index in [0.717, 1.165) is 26.2 Å². The number of aliphatic hydroxyl groups excluding tert-OH is 1. The van der Waals surface area contributed by atoms with Crippen molar-refractivity contribution in [2.24, 2.45) is 17.8 Å². The number of aromatic nitrogens is 1. The number of benzene rings is 1. The van der Waals surface area contributed by atoms with Gasteiger partial charge in [-0.25, -0.2) is 0 Å². The Morgan fingerprint density at radius 2 is 1.81 bits per heavy atom. The molecule has 2 heterocycles. The van der Waals surface area contributed by atoms with Gasteiger partial charge in [0.1, 0.15) is 0 Å². The predicted molar refractivity (Wildman–Crippen MR) is 108 cm³/mol. The van der Waals surface area contributed by atoms with Gasteiger partial charge in [-0.2, -0.15) is 0 Å². The lowest BCUT2D eigenvalue weighted by Gasteiger charge is -2.54. The number of nitrogens with zero attached hydrogens (tertiary/aromatic N) is 3. The smallest absolute Gasteiger partial charge is 0.0579 e. The van der Waals surface area contributed by atoms with E-state index in [0.29, 0.717) is 29.8 Å². The highest BCUT2D eigenvalue weighted by Crippen LogP contribution is 2.56. The van der Waals surface area contributed by atoms with Crippen LogP contribution in [0.25, 0.3) is 0 Å². The van der Waals surface area contributed by atoms with Gasteiger partial charge in [0.2, 0.25) is 0 Å². The Balaban J connectivity index is 1.67. The molecule has 4 nitrogen and oxygen atoms in total. The van der Waals surface area contributed by atoms with Crippen LogP contribution in [-0.4, -0.2) is 52.2 Å². The average molecular weight is 366 g/mol. The molecule has 4 heteroatoms. The molecule has 1 aliphatic heterocycles. The number of hydrogen-bond donors (Lipinski definition) is 1. The lowest BCUT2D eigenvalue weighted by atomic mass is 9.59. The third-order valence-corrected chi connectivity index (χ3v) is 6.74. The fourth-order valence-corrected chi connectivity index (χ4v) is 5.56. The van der Waals surface area contributed by atoms with E-state index >= 15 is 0 Å². The van der Waals surface area contributed by atoms with Gasteiger partial charge in [0, 0.05) is 43.8 Å². The first-order valence-electron chi connectivity index (χ1n) is 10.3. The average Bonchev–Trinajstić information content (AvgIpc) is 3.02. The fourth-order valence-electron chi connectivity index (χ4n) is 5.56. The summed E-state index contributed by atoms with van der Waals surface area (Å²) >= 11 is 0. The molecule has 1 saturated heterocycles. The first-order chi connectivity index (χ1) is 13.3. The molecule has 27 heavy (non-hydrogen) atoms. The summed E-state index contributed by atoms with van der Waals surface area (Å²) in [6.07, 6.45) is 1.91. The molecule has 1 saturated carbocycles. The summed E-state index contributed by atoms with van der Waals surface area (Å²) in [5.41, 5.74) is 2.52. The Kier molecular flexibility index (Phi) is 5.58. The number of likely N-dealkylation sites (tertiary alicyclic amines) is 1. The van der Waals surface area contributed by atoms with E-state index < -0.39 is 0 Å². The minimum absolute atomic E-state index is 0.288. The van der Waals surface area contributed by atoms with E-state index in [1.54, 1.807) is 0 Å². The summed E-state index contributed by atoms with van der Waals surface area (Å²) in [5.74, 6) is 1.47. The van der Waals surface area contributed by atoms with Crippen molar-refractivity contribution in [3.05, 3.63) is 66.0 Å². The minimum atomic E-state index is 0.288. The zero-order valence-electron chi connectivity index (χ0n) is 16.4. The molecule has 0 radical (unpaired) electrons. The molecular weight excluding hydrogens is 334 g/mol. The van der Waals surface area contributed by atoms with Crippen LogP contribution in [0.2, 0.25) is 0 Å². The van der Waals surface area contributed by atoms with Crippen molar-refractivity contribution in [3.63, 3.8) is 0 Å². The Labute approximate surface area is 162 Å². The predicted octanol–water partition coefficient (Wildman–Crippen LogP) is 3.20. The third-order valence-electron chi connectivity index (χ3n) is 6.74. The number of aliphatic hydroxyl groups is 1. The van der Waals surface area contributed by atoms with E-state index in [-0.39, 0.29) is 6.61 Å². The van der Waals surface area contributed by atoms with Crippen molar-refractivity contribution in [1.29, 1.82) is 0 Å². The molecule has 1 aliphatic carbocycles. The standard InChI is InChI=1S/C23H31N3O/c1-3-25(4-2)22-19(16-27)18-15-26(14-17-10-6-5-7-11-17)23(21(18)22)20-12-8-9-13-24-20/h5-13,18-19,21-23,27H,3-4,14-16H2,1-2H3/t18-,19+,21-,22-,23-/m1/s1. The first kappa shape index (κ1) is 18.6. The zero-order valence-corrected chi connectivity index (χ0v) is 16.4. The van der Waals surface area contributed by atoms with Crippen molar-refractivity contribution in [2.45, 2.75) is 32.5 Å². The van der Waals surface area contributed by atoms with Gasteiger partial charge in [-0.1, -0.05) is 50.2 Å². The van der Waals surface area contributed by atoms with Crippen LogP contribution in [0.1, 0.15) is 31.1 Å². The molecule has 2 fully saturated rings. The first-order valence-corrected chi connectivity index (χ1v) is 10.3. The largest absolute Gasteiger partial charge is 0.396 e. The van der Waals surface area contributed by atoms with Crippen LogP contribution in [0, 0.1) is 17.8 Å². The van der Waals surface area contributed by atoms with Crippen LogP contribution >= 0.6 is 0 Å². The van der Waals surface area contributed by atoms with Gasteiger partial charge in [0.15, 0.2) is 0 Å². The summed E-state index contributed by atoms with van der Waals surface area (Å²) in [5, 5.41) is 10.1. The second-order valence-electron chi connectivity index (χ2n) is 7.91. The molecule has 1 N–H and O–H groups in total. The van der Waals surface area contributed by atoms with Crippen LogP contribution in [0.5, 0.6) is 0 Å². The number of fused-ring (bicyclic) bond motifs is 1. The van der Waals surface area contributed by atoms with Gasteiger partial charge in [-0.15, -0.1) is 0 Å². The maximum absolute atomic E-state index is 10.1. The van der Waals surface area contributed by atoms with Crippen LogP contribution < -0.4 is 0 Å². The van der Waals surface area contributed by atoms with Crippen LogP contribution in [0.4, 0.5) is 0 Å². The molecule has 2 aliphatic rings. The number of pyridine rings is 1. The van der Waals surface area contributed by atoms with Crippen molar-refractivity contribution in [3.8, 4) is 0 Å². The highest BCUT2D eigenvalue weighted by molar-refractivity contribution is 5.23. The molecule has 0 amide bonds. The molecule has 5 atom stereocenters. The van der Waals surface area contributed by atoms with Gasteiger partial charge in [-0.3, -0.25) is 9.88 Å². The molecule has 0 spiro atoms. The van der Waals surface area contributed by atoms with Gasteiger partial charge in [-0.05, 0) is 36.7 Å². The highest BCUT2D eigenvalue weighted by atomic mass is 16.3. The molecule has 144 valence electrons. The molecule has 1 aromatic heterocycles. The van der Waals surface area contributed by atoms with Crippen LogP contribution in [-0.2, 0) is 6.54 Å². The number of hydrogen-bond acceptors (Lipinski definition) is 4. The summed E-state index contributed by atoms with van der Waals surface area (Å²) in [6, 6.07) is 17.8. The summed E-state index contributed by atoms with van der Waals surface area (Å²) in [7, 11) is 0. The maximum Gasteiger partial charge on any atom is 0.0579 e. The van der Waals surface area contributed by atoms with Crippen molar-refractivity contribution >= 4 is 0 Å². The highest BCUT2D eigenvalue weighted by Gasteiger charge is 2.60. The summed E-state index contributed by atoms with van der Waals surface area (Å²) in [6.45, 7) is 8.82. The Bertz CT molecular complexity index is 719. The molecule has 0 bridgehead atoms. The van der Waals surface area contributed by atoms with E-state index in [9.17, 15) is 5.11 Å². The van der Waals surface area contributed by atoms with E-state index in [1.165, 1.54) is 11.3 Å². The van der Waals surface area contributed by atoms with Crippen molar-refractivity contribution in [2.75, 3.05) is 26.2 Å². The quantitative estimate of drug-likeness (QED) is 0.818. The Morgan fingerprint density at radius 1 is 1.07 bits per heavy atom. The van der Waals surface area contributed by atoms with Gasteiger partial charge < -0.3 is 10.0 Å².